The number of rotatable bonds is 5. The van der Waals surface area contributed by atoms with Crippen LogP contribution in [0.1, 0.15) is 24.8 Å². The maximum Gasteiger partial charge on any atom is 0.247 e. The van der Waals surface area contributed by atoms with Crippen LogP contribution in [0.3, 0.4) is 0 Å². The Hall–Kier alpha value is -2.21. The molecule has 2 aliphatic heterocycles. The van der Waals surface area contributed by atoms with Gasteiger partial charge in [0.05, 0.1) is 18.4 Å². The van der Waals surface area contributed by atoms with Gasteiger partial charge < -0.3 is 5.73 Å². The number of benzene rings is 1. The van der Waals surface area contributed by atoms with E-state index in [1.165, 1.54) is 4.90 Å². The summed E-state index contributed by atoms with van der Waals surface area (Å²) in [7, 11) is 0. The number of primary amides is 1. The SMILES string of the molecule is NC(=O)C1CCCN(C2CC(=O)N(CCc3ccccc3)C2=O)C1. The quantitative estimate of drug-likeness (QED) is 0.800. The minimum atomic E-state index is -0.435. The van der Waals surface area contributed by atoms with Gasteiger partial charge in [-0.2, -0.15) is 0 Å². The van der Waals surface area contributed by atoms with Crippen molar-refractivity contribution in [2.45, 2.75) is 31.7 Å². The Kier molecular flexibility index (Phi) is 4.94. The van der Waals surface area contributed by atoms with E-state index in [1.807, 2.05) is 35.2 Å². The minimum absolute atomic E-state index is 0.123. The fraction of sp³-hybridized carbons (Fsp3) is 0.500. The van der Waals surface area contributed by atoms with Crippen LogP contribution in [0.5, 0.6) is 0 Å². The molecule has 2 saturated heterocycles. The summed E-state index contributed by atoms with van der Waals surface area (Å²) in [4.78, 5) is 39.7. The lowest BCUT2D eigenvalue weighted by atomic mass is 9.96. The topological polar surface area (TPSA) is 83.7 Å². The molecular formula is C18H23N3O3. The van der Waals surface area contributed by atoms with E-state index in [0.29, 0.717) is 19.5 Å². The van der Waals surface area contributed by atoms with E-state index in [-0.39, 0.29) is 30.1 Å². The Balaban J connectivity index is 1.62. The van der Waals surface area contributed by atoms with Crippen molar-refractivity contribution in [3.63, 3.8) is 0 Å². The largest absolute Gasteiger partial charge is 0.369 e. The summed E-state index contributed by atoms with van der Waals surface area (Å²) in [6, 6.07) is 9.38. The molecule has 0 radical (unpaired) electrons. The molecule has 2 N–H and O–H groups in total. The molecule has 2 fully saturated rings. The molecule has 0 aromatic heterocycles. The number of nitrogens with zero attached hydrogens (tertiary/aromatic N) is 2. The first-order valence-electron chi connectivity index (χ1n) is 8.48. The molecule has 2 heterocycles. The lowest BCUT2D eigenvalue weighted by Gasteiger charge is -2.34. The van der Waals surface area contributed by atoms with Crippen molar-refractivity contribution in [1.29, 1.82) is 0 Å². The van der Waals surface area contributed by atoms with Crippen molar-refractivity contribution < 1.29 is 14.4 Å². The fourth-order valence-corrected chi connectivity index (χ4v) is 3.59. The predicted octanol–water partition coefficient (Wildman–Crippen LogP) is 0.554. The van der Waals surface area contributed by atoms with Gasteiger partial charge in [0, 0.05) is 13.1 Å². The summed E-state index contributed by atoms with van der Waals surface area (Å²) < 4.78 is 0. The van der Waals surface area contributed by atoms with Gasteiger partial charge in [-0.25, -0.2) is 0 Å². The molecule has 0 spiro atoms. The lowest BCUT2D eigenvalue weighted by molar-refractivity contribution is -0.140. The number of hydrogen-bond acceptors (Lipinski definition) is 4. The monoisotopic (exact) mass is 329 g/mol. The van der Waals surface area contributed by atoms with Crippen molar-refractivity contribution in [2.24, 2.45) is 11.7 Å². The highest BCUT2D eigenvalue weighted by Crippen LogP contribution is 2.25. The Morgan fingerprint density at radius 1 is 1.21 bits per heavy atom. The standard InChI is InChI=1S/C18H23N3O3/c19-17(23)14-7-4-9-20(12-14)15-11-16(22)21(18(15)24)10-8-13-5-2-1-3-6-13/h1-3,5-6,14-15H,4,7-12H2,(H2,19,23). The highest BCUT2D eigenvalue weighted by Gasteiger charge is 2.43. The molecule has 6 nitrogen and oxygen atoms in total. The molecule has 2 aliphatic rings. The third-order valence-electron chi connectivity index (χ3n) is 4.98. The average Bonchev–Trinajstić information content (AvgIpc) is 2.88. The van der Waals surface area contributed by atoms with Crippen LogP contribution >= 0.6 is 0 Å². The van der Waals surface area contributed by atoms with Crippen LogP contribution in [-0.2, 0) is 20.8 Å². The summed E-state index contributed by atoms with van der Waals surface area (Å²) in [6.07, 6.45) is 2.46. The molecule has 0 aliphatic carbocycles. The third-order valence-corrected chi connectivity index (χ3v) is 4.98. The molecule has 6 heteroatoms. The summed E-state index contributed by atoms with van der Waals surface area (Å²) in [5, 5.41) is 0. The van der Waals surface area contributed by atoms with Gasteiger partial charge in [-0.1, -0.05) is 30.3 Å². The Morgan fingerprint density at radius 3 is 2.67 bits per heavy atom. The van der Waals surface area contributed by atoms with Crippen molar-refractivity contribution in [3.8, 4) is 0 Å². The van der Waals surface area contributed by atoms with E-state index in [1.54, 1.807) is 0 Å². The van der Waals surface area contributed by atoms with Gasteiger partial charge in [0.25, 0.3) is 0 Å². The molecule has 1 aromatic rings. The molecule has 0 bridgehead atoms. The van der Waals surface area contributed by atoms with Gasteiger partial charge in [-0.15, -0.1) is 0 Å². The van der Waals surface area contributed by atoms with Crippen molar-refractivity contribution in [1.82, 2.24) is 9.80 Å². The highest BCUT2D eigenvalue weighted by molar-refractivity contribution is 6.05. The second-order valence-corrected chi connectivity index (χ2v) is 6.58. The Labute approximate surface area is 141 Å². The number of nitrogens with two attached hydrogens (primary N) is 1. The molecule has 3 amide bonds. The summed E-state index contributed by atoms with van der Waals surface area (Å²) in [5.41, 5.74) is 6.51. The smallest absolute Gasteiger partial charge is 0.247 e. The van der Waals surface area contributed by atoms with Gasteiger partial charge >= 0.3 is 0 Å². The van der Waals surface area contributed by atoms with Crippen LogP contribution in [0.2, 0.25) is 0 Å². The summed E-state index contributed by atoms with van der Waals surface area (Å²) in [5.74, 6) is -0.805. The maximum absolute atomic E-state index is 12.7. The van der Waals surface area contributed by atoms with Gasteiger partial charge in [0.2, 0.25) is 17.7 Å². The zero-order chi connectivity index (χ0) is 17.1. The second kappa shape index (κ2) is 7.13. The first kappa shape index (κ1) is 16.6. The molecular weight excluding hydrogens is 306 g/mol. The van der Waals surface area contributed by atoms with Crippen LogP contribution in [-0.4, -0.2) is 53.2 Å². The zero-order valence-electron chi connectivity index (χ0n) is 13.7. The number of carbonyl (C=O) groups is 3. The fourth-order valence-electron chi connectivity index (χ4n) is 3.59. The number of carbonyl (C=O) groups excluding carboxylic acids is 3. The van der Waals surface area contributed by atoms with E-state index < -0.39 is 6.04 Å². The Bertz CT molecular complexity index is 632. The predicted molar refractivity (Wildman–Crippen MR) is 88.8 cm³/mol. The van der Waals surface area contributed by atoms with Crippen molar-refractivity contribution >= 4 is 17.7 Å². The molecule has 0 saturated carbocycles. The van der Waals surface area contributed by atoms with Crippen molar-refractivity contribution in [3.05, 3.63) is 35.9 Å². The first-order valence-corrected chi connectivity index (χ1v) is 8.48. The third kappa shape index (κ3) is 3.48. The summed E-state index contributed by atoms with van der Waals surface area (Å²) >= 11 is 0. The summed E-state index contributed by atoms with van der Waals surface area (Å²) in [6.45, 7) is 1.62. The molecule has 24 heavy (non-hydrogen) atoms. The van der Waals surface area contributed by atoms with E-state index in [0.717, 1.165) is 24.9 Å². The van der Waals surface area contributed by atoms with E-state index in [4.69, 9.17) is 5.73 Å². The molecule has 128 valence electrons. The van der Waals surface area contributed by atoms with E-state index in [2.05, 4.69) is 0 Å². The minimum Gasteiger partial charge on any atom is -0.369 e. The van der Waals surface area contributed by atoms with E-state index >= 15 is 0 Å². The van der Waals surface area contributed by atoms with Gasteiger partial charge in [-0.05, 0) is 31.4 Å². The van der Waals surface area contributed by atoms with Crippen molar-refractivity contribution in [2.75, 3.05) is 19.6 Å². The van der Waals surface area contributed by atoms with Crippen LogP contribution in [0.4, 0.5) is 0 Å². The highest BCUT2D eigenvalue weighted by atomic mass is 16.2. The average molecular weight is 329 g/mol. The second-order valence-electron chi connectivity index (χ2n) is 6.58. The van der Waals surface area contributed by atoms with Gasteiger partial charge in [0.15, 0.2) is 0 Å². The molecule has 1 aromatic carbocycles. The molecule has 2 unspecified atom stereocenters. The Morgan fingerprint density at radius 2 is 1.96 bits per heavy atom. The van der Waals surface area contributed by atoms with Crippen LogP contribution in [0.15, 0.2) is 30.3 Å². The number of imide groups is 1. The number of hydrogen-bond donors (Lipinski definition) is 1. The lowest BCUT2D eigenvalue weighted by Crippen LogP contribution is -2.49. The van der Waals surface area contributed by atoms with Crippen LogP contribution in [0.25, 0.3) is 0 Å². The number of likely N-dealkylation sites (tertiary alicyclic amines) is 2. The zero-order valence-corrected chi connectivity index (χ0v) is 13.7. The first-order chi connectivity index (χ1) is 11.6. The molecule has 2 atom stereocenters. The maximum atomic E-state index is 12.7. The molecule has 3 rings (SSSR count). The number of amides is 3. The normalized spacial score (nSPS) is 25.2. The van der Waals surface area contributed by atoms with E-state index in [9.17, 15) is 14.4 Å². The van der Waals surface area contributed by atoms with Gasteiger partial charge in [0.1, 0.15) is 0 Å². The van der Waals surface area contributed by atoms with Crippen LogP contribution in [0, 0.1) is 5.92 Å². The van der Waals surface area contributed by atoms with Gasteiger partial charge in [-0.3, -0.25) is 24.2 Å². The van der Waals surface area contributed by atoms with Crippen LogP contribution < -0.4 is 5.73 Å². The number of piperidine rings is 1.